The standard InChI is InChI=1S/C15H9ClF2N2O/c16-11-6-2-5-10(13(11)18)14-12(15(19)21-20-14)8-3-1-4-9(17)7-8/h1-7H,19H2. The van der Waals surface area contributed by atoms with Gasteiger partial charge in [0, 0.05) is 5.56 Å². The maximum Gasteiger partial charge on any atom is 0.230 e. The zero-order valence-electron chi connectivity index (χ0n) is 10.6. The van der Waals surface area contributed by atoms with Crippen molar-refractivity contribution in [2.45, 2.75) is 0 Å². The van der Waals surface area contributed by atoms with E-state index in [1.54, 1.807) is 12.1 Å². The third-order valence-electron chi connectivity index (χ3n) is 3.04. The Labute approximate surface area is 123 Å². The monoisotopic (exact) mass is 306 g/mol. The van der Waals surface area contributed by atoms with Crippen LogP contribution in [-0.4, -0.2) is 5.16 Å². The zero-order chi connectivity index (χ0) is 15.0. The van der Waals surface area contributed by atoms with Crippen molar-refractivity contribution in [2.75, 3.05) is 5.73 Å². The van der Waals surface area contributed by atoms with Crippen molar-refractivity contribution < 1.29 is 13.3 Å². The fourth-order valence-corrected chi connectivity index (χ4v) is 2.27. The van der Waals surface area contributed by atoms with Crippen molar-refractivity contribution in [3.63, 3.8) is 0 Å². The van der Waals surface area contributed by atoms with Crippen molar-refractivity contribution in [1.29, 1.82) is 0 Å². The summed E-state index contributed by atoms with van der Waals surface area (Å²) in [7, 11) is 0. The molecule has 0 bridgehead atoms. The average Bonchev–Trinajstić information content (AvgIpc) is 2.83. The summed E-state index contributed by atoms with van der Waals surface area (Å²) in [5.74, 6) is -1.09. The van der Waals surface area contributed by atoms with E-state index in [0.29, 0.717) is 11.1 Å². The Kier molecular flexibility index (Phi) is 3.35. The van der Waals surface area contributed by atoms with Crippen LogP contribution in [0.3, 0.4) is 0 Å². The molecule has 3 aromatic rings. The molecule has 3 rings (SSSR count). The Morgan fingerprint density at radius 1 is 1.10 bits per heavy atom. The van der Waals surface area contributed by atoms with E-state index in [1.165, 1.54) is 30.3 Å². The molecular weight excluding hydrogens is 298 g/mol. The van der Waals surface area contributed by atoms with Gasteiger partial charge in [-0.2, -0.15) is 0 Å². The Hall–Kier alpha value is -2.40. The lowest BCUT2D eigenvalue weighted by Gasteiger charge is -2.05. The first kappa shape index (κ1) is 13.6. The molecule has 0 atom stereocenters. The molecule has 0 aliphatic heterocycles. The highest BCUT2D eigenvalue weighted by molar-refractivity contribution is 6.31. The Bertz CT molecular complexity index is 817. The normalized spacial score (nSPS) is 10.8. The van der Waals surface area contributed by atoms with Crippen LogP contribution in [0.25, 0.3) is 22.4 Å². The summed E-state index contributed by atoms with van der Waals surface area (Å²) in [4.78, 5) is 0. The molecule has 0 aliphatic carbocycles. The average molecular weight is 307 g/mol. The van der Waals surface area contributed by atoms with Crippen molar-refractivity contribution in [3.05, 3.63) is 59.1 Å². The number of nitrogens with two attached hydrogens (primary N) is 1. The van der Waals surface area contributed by atoms with Crippen LogP contribution >= 0.6 is 11.6 Å². The van der Waals surface area contributed by atoms with E-state index in [1.807, 2.05) is 0 Å². The molecule has 0 aliphatic rings. The summed E-state index contributed by atoms with van der Waals surface area (Å²) in [5.41, 5.74) is 6.84. The van der Waals surface area contributed by atoms with Gasteiger partial charge in [-0.1, -0.05) is 35.0 Å². The van der Waals surface area contributed by atoms with E-state index in [2.05, 4.69) is 5.16 Å². The summed E-state index contributed by atoms with van der Waals surface area (Å²) in [5, 5.41) is 3.73. The van der Waals surface area contributed by atoms with Crippen LogP contribution in [0.4, 0.5) is 14.7 Å². The van der Waals surface area contributed by atoms with Gasteiger partial charge >= 0.3 is 0 Å². The lowest BCUT2D eigenvalue weighted by molar-refractivity contribution is 0.439. The number of rotatable bonds is 2. The van der Waals surface area contributed by atoms with Gasteiger partial charge in [0.25, 0.3) is 0 Å². The maximum absolute atomic E-state index is 14.1. The van der Waals surface area contributed by atoms with Crippen LogP contribution in [0.15, 0.2) is 47.0 Å². The van der Waals surface area contributed by atoms with E-state index in [9.17, 15) is 8.78 Å². The van der Waals surface area contributed by atoms with Gasteiger partial charge in [0.05, 0.1) is 10.6 Å². The van der Waals surface area contributed by atoms with Crippen LogP contribution in [0, 0.1) is 11.6 Å². The van der Waals surface area contributed by atoms with Crippen LogP contribution in [0.5, 0.6) is 0 Å². The van der Waals surface area contributed by atoms with Gasteiger partial charge in [-0.15, -0.1) is 0 Å². The molecule has 0 unspecified atom stereocenters. The summed E-state index contributed by atoms with van der Waals surface area (Å²) in [6.45, 7) is 0. The van der Waals surface area contributed by atoms with E-state index >= 15 is 0 Å². The molecule has 3 nitrogen and oxygen atoms in total. The highest BCUT2D eigenvalue weighted by atomic mass is 35.5. The third kappa shape index (κ3) is 2.36. The van der Waals surface area contributed by atoms with Crippen LogP contribution in [0.2, 0.25) is 5.02 Å². The summed E-state index contributed by atoms with van der Waals surface area (Å²) in [6.07, 6.45) is 0. The minimum absolute atomic E-state index is 0.0185. The number of nitrogen functional groups attached to an aromatic ring is 1. The second kappa shape index (κ2) is 5.18. The second-order valence-electron chi connectivity index (χ2n) is 4.38. The van der Waals surface area contributed by atoms with Gasteiger partial charge in [-0.25, -0.2) is 8.78 Å². The smallest absolute Gasteiger partial charge is 0.230 e. The first-order valence-corrected chi connectivity index (χ1v) is 6.41. The number of anilines is 1. The van der Waals surface area contributed by atoms with Crippen molar-refractivity contribution in [2.24, 2.45) is 0 Å². The highest BCUT2D eigenvalue weighted by Gasteiger charge is 2.21. The van der Waals surface area contributed by atoms with E-state index < -0.39 is 11.6 Å². The predicted molar refractivity (Wildman–Crippen MR) is 76.7 cm³/mol. The lowest BCUT2D eigenvalue weighted by Crippen LogP contribution is -1.91. The SMILES string of the molecule is Nc1onc(-c2cccc(Cl)c2F)c1-c1cccc(F)c1. The number of aromatic nitrogens is 1. The van der Waals surface area contributed by atoms with Gasteiger partial charge in [0.1, 0.15) is 11.5 Å². The number of hydrogen-bond acceptors (Lipinski definition) is 3. The van der Waals surface area contributed by atoms with Crippen LogP contribution in [0.1, 0.15) is 0 Å². The summed E-state index contributed by atoms with van der Waals surface area (Å²) < 4.78 is 32.5. The fraction of sp³-hybridized carbons (Fsp3) is 0. The van der Waals surface area contributed by atoms with Crippen molar-refractivity contribution >= 4 is 17.5 Å². The predicted octanol–water partition coefficient (Wildman–Crippen LogP) is 4.52. The third-order valence-corrected chi connectivity index (χ3v) is 3.33. The minimum atomic E-state index is -0.634. The molecule has 2 aromatic carbocycles. The molecular formula is C15H9ClF2N2O. The number of hydrogen-bond donors (Lipinski definition) is 1. The van der Waals surface area contributed by atoms with Crippen LogP contribution in [-0.2, 0) is 0 Å². The molecule has 0 spiro atoms. The first-order valence-electron chi connectivity index (χ1n) is 6.03. The molecule has 0 radical (unpaired) electrons. The molecule has 0 amide bonds. The minimum Gasteiger partial charge on any atom is -0.367 e. The molecule has 1 heterocycles. The van der Waals surface area contributed by atoms with E-state index in [-0.39, 0.29) is 22.2 Å². The topological polar surface area (TPSA) is 52.0 Å². The largest absolute Gasteiger partial charge is 0.367 e. The quantitative estimate of drug-likeness (QED) is 0.757. The van der Waals surface area contributed by atoms with Gasteiger partial charge < -0.3 is 10.3 Å². The molecule has 0 fully saturated rings. The summed E-state index contributed by atoms with van der Waals surface area (Å²) in [6, 6.07) is 10.2. The Morgan fingerprint density at radius 3 is 2.62 bits per heavy atom. The van der Waals surface area contributed by atoms with Crippen LogP contribution < -0.4 is 5.73 Å². The molecule has 106 valence electrons. The Morgan fingerprint density at radius 2 is 1.86 bits per heavy atom. The number of benzene rings is 2. The summed E-state index contributed by atoms with van der Waals surface area (Å²) >= 11 is 5.77. The van der Waals surface area contributed by atoms with Gasteiger partial charge in [0.2, 0.25) is 5.88 Å². The lowest BCUT2D eigenvalue weighted by atomic mass is 10.0. The van der Waals surface area contributed by atoms with Crippen molar-refractivity contribution in [3.8, 4) is 22.4 Å². The van der Waals surface area contributed by atoms with E-state index in [0.717, 1.165) is 0 Å². The number of nitrogens with zero attached hydrogens (tertiary/aromatic N) is 1. The van der Waals surface area contributed by atoms with Crippen molar-refractivity contribution in [1.82, 2.24) is 5.16 Å². The maximum atomic E-state index is 14.1. The first-order chi connectivity index (χ1) is 10.1. The molecule has 0 saturated heterocycles. The molecule has 1 aromatic heterocycles. The zero-order valence-corrected chi connectivity index (χ0v) is 11.4. The Balaban J connectivity index is 2.24. The molecule has 0 saturated carbocycles. The molecule has 2 N–H and O–H groups in total. The van der Waals surface area contributed by atoms with Gasteiger partial charge in [-0.05, 0) is 29.8 Å². The second-order valence-corrected chi connectivity index (χ2v) is 4.79. The van der Waals surface area contributed by atoms with E-state index in [4.69, 9.17) is 21.9 Å². The highest BCUT2D eigenvalue weighted by Crippen LogP contribution is 2.38. The number of halogens is 3. The molecule has 21 heavy (non-hydrogen) atoms. The van der Waals surface area contributed by atoms with Gasteiger partial charge in [-0.3, -0.25) is 0 Å². The molecule has 6 heteroatoms. The fourth-order valence-electron chi connectivity index (χ4n) is 2.10. The van der Waals surface area contributed by atoms with Gasteiger partial charge in [0.15, 0.2) is 5.82 Å².